The van der Waals surface area contributed by atoms with Crippen molar-refractivity contribution >= 4 is 27.6 Å². The van der Waals surface area contributed by atoms with Crippen molar-refractivity contribution in [2.45, 2.75) is 23.8 Å². The summed E-state index contributed by atoms with van der Waals surface area (Å²) < 4.78 is 32.6. The molecule has 1 atom stereocenters. The highest BCUT2D eigenvalue weighted by atomic mass is 35.5. The molecule has 0 spiro atoms. The molecule has 1 unspecified atom stereocenters. The van der Waals surface area contributed by atoms with E-state index in [2.05, 4.69) is 4.72 Å². The summed E-state index contributed by atoms with van der Waals surface area (Å²) in [6.45, 7) is 0. The number of halogens is 1. The Hall–Kier alpha value is -1.89. The van der Waals surface area contributed by atoms with Crippen molar-refractivity contribution in [3.8, 4) is 0 Å². The number of aryl methyl sites for hydroxylation is 1. The lowest BCUT2D eigenvalue weighted by atomic mass is 10.0. The molecule has 7 heteroatoms. The highest BCUT2D eigenvalue weighted by Gasteiger charge is 2.29. The van der Waals surface area contributed by atoms with Gasteiger partial charge in [0.2, 0.25) is 10.0 Å². The van der Waals surface area contributed by atoms with Gasteiger partial charge in [0.1, 0.15) is 4.90 Å². The topological polar surface area (TPSA) is 72.5 Å². The fourth-order valence-electron chi connectivity index (χ4n) is 2.88. The van der Waals surface area contributed by atoms with Crippen molar-refractivity contribution in [1.82, 2.24) is 4.72 Å². The first-order valence-corrected chi connectivity index (χ1v) is 9.26. The summed E-state index contributed by atoms with van der Waals surface area (Å²) in [5.74, 6) is -0.447. The Labute approximate surface area is 145 Å². The van der Waals surface area contributed by atoms with Crippen molar-refractivity contribution in [2.24, 2.45) is 0 Å². The van der Waals surface area contributed by atoms with Gasteiger partial charge in [-0.15, -0.1) is 0 Å². The van der Waals surface area contributed by atoms with E-state index < -0.39 is 22.0 Å². The quantitative estimate of drug-likeness (QED) is 0.845. The van der Waals surface area contributed by atoms with Gasteiger partial charge >= 0.3 is 5.97 Å². The normalized spacial score (nSPS) is 16.7. The van der Waals surface area contributed by atoms with Crippen molar-refractivity contribution in [2.75, 3.05) is 7.11 Å². The van der Waals surface area contributed by atoms with Gasteiger partial charge in [0.15, 0.2) is 0 Å². The van der Waals surface area contributed by atoms with Crippen molar-refractivity contribution in [3.05, 3.63) is 64.2 Å². The Bertz CT molecular complexity index is 895. The average Bonchev–Trinajstić information content (AvgIpc) is 2.96. The van der Waals surface area contributed by atoms with Crippen LogP contribution in [0.15, 0.2) is 47.4 Å². The summed E-state index contributed by atoms with van der Waals surface area (Å²) in [6, 6.07) is 11.1. The molecule has 3 rings (SSSR count). The highest BCUT2D eigenvalue weighted by molar-refractivity contribution is 7.89. The van der Waals surface area contributed by atoms with Crippen LogP contribution in [0.3, 0.4) is 0 Å². The summed E-state index contributed by atoms with van der Waals surface area (Å²) in [5, 5.41) is 0.173. The molecular formula is C17H16ClNO4S. The summed E-state index contributed by atoms with van der Waals surface area (Å²) in [6.07, 6.45) is 1.37. The van der Waals surface area contributed by atoms with E-state index in [9.17, 15) is 13.2 Å². The van der Waals surface area contributed by atoms with E-state index in [1.165, 1.54) is 19.2 Å². The molecule has 0 saturated heterocycles. The van der Waals surface area contributed by atoms with E-state index in [-0.39, 0.29) is 9.92 Å². The van der Waals surface area contributed by atoms with Crippen LogP contribution in [0, 0.1) is 0 Å². The number of hydrogen-bond acceptors (Lipinski definition) is 4. The van der Waals surface area contributed by atoms with Crippen LogP contribution >= 0.6 is 11.6 Å². The Morgan fingerprint density at radius 2 is 2.00 bits per heavy atom. The number of carbonyl (C=O) groups is 1. The predicted octanol–water partition coefficient (Wildman–Crippen LogP) is 3.09. The molecule has 1 N–H and O–H groups in total. The predicted molar refractivity (Wildman–Crippen MR) is 90.6 cm³/mol. The zero-order chi connectivity index (χ0) is 17.3. The van der Waals surface area contributed by atoms with Gasteiger partial charge in [-0.2, -0.15) is 0 Å². The van der Waals surface area contributed by atoms with Gasteiger partial charge < -0.3 is 4.74 Å². The molecule has 5 nitrogen and oxygen atoms in total. The standard InChI is InChI=1S/C17H16ClNO4S/c1-23-17(20)12-7-6-11-8-9-15(13(11)10-12)19-24(21,22)16-5-3-2-4-14(16)18/h2-7,10,15,19H,8-9H2,1H3. The van der Waals surface area contributed by atoms with E-state index in [1.807, 2.05) is 6.07 Å². The first kappa shape index (κ1) is 17.0. The molecule has 24 heavy (non-hydrogen) atoms. The highest BCUT2D eigenvalue weighted by Crippen LogP contribution is 2.34. The number of nitrogens with one attached hydrogen (secondary N) is 1. The zero-order valence-corrected chi connectivity index (χ0v) is 14.5. The number of fused-ring (bicyclic) bond motifs is 1. The Kier molecular flexibility index (Phi) is 4.62. The maximum Gasteiger partial charge on any atom is 0.337 e. The second-order valence-corrected chi connectivity index (χ2v) is 7.64. The van der Waals surface area contributed by atoms with Gasteiger partial charge in [-0.3, -0.25) is 0 Å². The number of carbonyl (C=O) groups excluding carboxylic acids is 1. The molecule has 0 saturated carbocycles. The lowest BCUT2D eigenvalue weighted by Gasteiger charge is -2.16. The molecule has 2 aromatic carbocycles. The van der Waals surface area contributed by atoms with Crippen LogP contribution in [0.25, 0.3) is 0 Å². The van der Waals surface area contributed by atoms with Gasteiger partial charge in [0.05, 0.1) is 17.7 Å². The third-order valence-electron chi connectivity index (χ3n) is 4.07. The first-order chi connectivity index (χ1) is 11.4. The Morgan fingerprint density at radius 1 is 1.25 bits per heavy atom. The van der Waals surface area contributed by atoms with Crippen LogP contribution in [0.5, 0.6) is 0 Å². The average molecular weight is 366 g/mol. The number of rotatable bonds is 4. The van der Waals surface area contributed by atoms with Crippen LogP contribution < -0.4 is 4.72 Å². The number of ether oxygens (including phenoxy) is 1. The molecule has 0 aliphatic heterocycles. The Balaban J connectivity index is 1.92. The zero-order valence-electron chi connectivity index (χ0n) is 13.0. The van der Waals surface area contributed by atoms with E-state index >= 15 is 0 Å². The van der Waals surface area contributed by atoms with E-state index in [1.54, 1.807) is 24.3 Å². The van der Waals surface area contributed by atoms with Crippen molar-refractivity contribution in [1.29, 1.82) is 0 Å². The van der Waals surface area contributed by atoms with Gasteiger partial charge in [-0.25, -0.2) is 17.9 Å². The fraction of sp³-hybridized carbons (Fsp3) is 0.235. The number of hydrogen-bond donors (Lipinski definition) is 1. The summed E-state index contributed by atoms with van der Waals surface area (Å²) in [4.78, 5) is 11.7. The molecule has 126 valence electrons. The van der Waals surface area contributed by atoms with Gasteiger partial charge in [0.25, 0.3) is 0 Å². The van der Waals surface area contributed by atoms with Crippen LogP contribution in [0.4, 0.5) is 0 Å². The molecule has 0 aromatic heterocycles. The van der Waals surface area contributed by atoms with E-state index in [0.717, 1.165) is 17.5 Å². The molecule has 1 aliphatic rings. The van der Waals surface area contributed by atoms with E-state index in [0.29, 0.717) is 12.0 Å². The molecular weight excluding hydrogens is 350 g/mol. The SMILES string of the molecule is COC(=O)c1ccc2c(c1)C(NS(=O)(=O)c1ccccc1Cl)CC2. The van der Waals surface area contributed by atoms with Crippen LogP contribution in [0.1, 0.15) is 33.9 Å². The molecule has 0 fully saturated rings. The van der Waals surface area contributed by atoms with Gasteiger partial charge in [0, 0.05) is 6.04 Å². The second kappa shape index (κ2) is 6.55. The van der Waals surface area contributed by atoms with Gasteiger partial charge in [-0.1, -0.05) is 29.8 Å². The molecule has 0 radical (unpaired) electrons. The summed E-state index contributed by atoms with van der Waals surface area (Å²) in [7, 11) is -2.44. The number of esters is 1. The number of benzene rings is 2. The smallest absolute Gasteiger partial charge is 0.337 e. The lowest BCUT2D eigenvalue weighted by Crippen LogP contribution is -2.27. The lowest BCUT2D eigenvalue weighted by molar-refractivity contribution is 0.0600. The number of sulfonamides is 1. The first-order valence-electron chi connectivity index (χ1n) is 7.40. The maximum absolute atomic E-state index is 12.6. The molecule has 0 heterocycles. The molecule has 0 bridgehead atoms. The van der Waals surface area contributed by atoms with Crippen molar-refractivity contribution < 1.29 is 17.9 Å². The Morgan fingerprint density at radius 3 is 2.71 bits per heavy atom. The minimum absolute atomic E-state index is 0.0456. The van der Waals surface area contributed by atoms with E-state index in [4.69, 9.17) is 16.3 Å². The summed E-state index contributed by atoms with van der Waals surface area (Å²) in [5.41, 5.74) is 2.23. The van der Waals surface area contributed by atoms with Crippen LogP contribution in [-0.2, 0) is 21.2 Å². The van der Waals surface area contributed by atoms with Gasteiger partial charge in [-0.05, 0) is 48.2 Å². The molecule has 2 aromatic rings. The molecule has 0 amide bonds. The molecule has 1 aliphatic carbocycles. The largest absolute Gasteiger partial charge is 0.465 e. The maximum atomic E-state index is 12.6. The minimum atomic E-state index is -3.75. The van der Waals surface area contributed by atoms with Crippen LogP contribution in [0.2, 0.25) is 5.02 Å². The second-order valence-electron chi connectivity index (χ2n) is 5.55. The third-order valence-corrected chi connectivity index (χ3v) is 6.04. The minimum Gasteiger partial charge on any atom is -0.465 e. The fourth-order valence-corrected chi connectivity index (χ4v) is 4.65. The number of methoxy groups -OCH3 is 1. The summed E-state index contributed by atoms with van der Waals surface area (Å²) >= 11 is 6.00. The van der Waals surface area contributed by atoms with Crippen molar-refractivity contribution in [3.63, 3.8) is 0 Å². The van der Waals surface area contributed by atoms with Crippen LogP contribution in [-0.4, -0.2) is 21.5 Å². The monoisotopic (exact) mass is 365 g/mol. The third kappa shape index (κ3) is 3.17.